The molecule has 2 rings (SSSR count). The number of hydrazine groups is 1. The Balaban J connectivity index is 2.01. The molecule has 1 saturated carbocycles. The molecule has 1 aliphatic carbocycles. The zero-order valence-electron chi connectivity index (χ0n) is 10.5. The van der Waals surface area contributed by atoms with Gasteiger partial charge in [0.1, 0.15) is 5.75 Å². The summed E-state index contributed by atoms with van der Waals surface area (Å²) in [6.45, 7) is 2.19. The Labute approximate surface area is 103 Å². The molecule has 3 nitrogen and oxygen atoms in total. The van der Waals surface area contributed by atoms with Gasteiger partial charge >= 0.3 is 0 Å². The van der Waals surface area contributed by atoms with Crippen molar-refractivity contribution in [3.63, 3.8) is 0 Å². The predicted octanol–water partition coefficient (Wildman–Crippen LogP) is 2.92. The van der Waals surface area contributed by atoms with Crippen LogP contribution in [0.15, 0.2) is 24.3 Å². The third-order valence-electron chi connectivity index (χ3n) is 3.14. The Morgan fingerprint density at radius 3 is 2.94 bits per heavy atom. The third-order valence-corrected chi connectivity index (χ3v) is 3.14. The number of nitrogens with one attached hydrogen (secondary N) is 1. The van der Waals surface area contributed by atoms with Gasteiger partial charge in [0.2, 0.25) is 0 Å². The molecule has 0 spiro atoms. The van der Waals surface area contributed by atoms with Gasteiger partial charge in [0.15, 0.2) is 0 Å². The molecule has 0 aromatic heterocycles. The molecule has 0 radical (unpaired) electrons. The van der Waals surface area contributed by atoms with E-state index in [-0.39, 0.29) is 6.04 Å². The number of benzene rings is 1. The van der Waals surface area contributed by atoms with Gasteiger partial charge in [0, 0.05) is 6.04 Å². The van der Waals surface area contributed by atoms with Crippen LogP contribution in [0.4, 0.5) is 0 Å². The summed E-state index contributed by atoms with van der Waals surface area (Å²) in [5, 5.41) is 0. The normalized spacial score (nSPS) is 16.8. The van der Waals surface area contributed by atoms with E-state index >= 15 is 0 Å². The van der Waals surface area contributed by atoms with Crippen LogP contribution in [0.5, 0.6) is 5.75 Å². The quantitative estimate of drug-likeness (QED) is 0.563. The highest BCUT2D eigenvalue weighted by Crippen LogP contribution is 2.29. The fourth-order valence-corrected chi connectivity index (χ4v) is 1.94. The molecule has 0 aliphatic heterocycles. The summed E-state index contributed by atoms with van der Waals surface area (Å²) in [5.74, 6) is 6.59. The number of hydrogen-bond acceptors (Lipinski definition) is 3. The second-order valence-corrected chi connectivity index (χ2v) is 4.75. The van der Waals surface area contributed by atoms with Crippen molar-refractivity contribution in [2.24, 2.45) is 5.84 Å². The van der Waals surface area contributed by atoms with Gasteiger partial charge in [0.25, 0.3) is 0 Å². The van der Waals surface area contributed by atoms with Gasteiger partial charge in [-0.05, 0) is 37.0 Å². The maximum atomic E-state index is 5.80. The lowest BCUT2D eigenvalue weighted by Crippen LogP contribution is -2.27. The van der Waals surface area contributed by atoms with Crippen molar-refractivity contribution in [1.82, 2.24) is 5.43 Å². The van der Waals surface area contributed by atoms with Crippen LogP contribution >= 0.6 is 0 Å². The van der Waals surface area contributed by atoms with Crippen LogP contribution in [0.1, 0.15) is 50.6 Å². The molecule has 1 aromatic rings. The monoisotopic (exact) mass is 234 g/mol. The largest absolute Gasteiger partial charge is 0.490 e. The zero-order chi connectivity index (χ0) is 12.1. The predicted molar refractivity (Wildman–Crippen MR) is 69.7 cm³/mol. The van der Waals surface area contributed by atoms with E-state index in [2.05, 4.69) is 24.5 Å². The maximum absolute atomic E-state index is 5.80. The Bertz CT molecular complexity index is 350. The van der Waals surface area contributed by atoms with Gasteiger partial charge in [0.05, 0.1) is 6.10 Å². The summed E-state index contributed by atoms with van der Waals surface area (Å²) < 4.78 is 5.80. The smallest absolute Gasteiger partial charge is 0.120 e. The molecular formula is C14H22N2O. The van der Waals surface area contributed by atoms with E-state index in [1.165, 1.54) is 31.2 Å². The number of nitrogens with two attached hydrogens (primary N) is 1. The molecule has 3 N–H and O–H groups in total. The molecule has 1 atom stereocenters. The SMILES string of the molecule is CCCCC(NN)c1cccc(OC2CC2)c1. The Morgan fingerprint density at radius 1 is 1.47 bits per heavy atom. The van der Waals surface area contributed by atoms with Crippen LogP contribution in [0.25, 0.3) is 0 Å². The Morgan fingerprint density at radius 2 is 2.29 bits per heavy atom. The van der Waals surface area contributed by atoms with Gasteiger partial charge in [-0.3, -0.25) is 11.3 Å². The van der Waals surface area contributed by atoms with Crippen molar-refractivity contribution in [3.8, 4) is 5.75 Å². The van der Waals surface area contributed by atoms with E-state index in [4.69, 9.17) is 10.6 Å². The van der Waals surface area contributed by atoms with E-state index in [0.29, 0.717) is 6.10 Å². The first-order valence-corrected chi connectivity index (χ1v) is 6.56. The molecule has 94 valence electrons. The summed E-state index contributed by atoms with van der Waals surface area (Å²) >= 11 is 0. The highest BCUT2D eigenvalue weighted by atomic mass is 16.5. The number of ether oxygens (including phenoxy) is 1. The van der Waals surface area contributed by atoms with E-state index in [9.17, 15) is 0 Å². The molecule has 3 heteroatoms. The van der Waals surface area contributed by atoms with Crippen molar-refractivity contribution >= 4 is 0 Å². The van der Waals surface area contributed by atoms with Crippen molar-refractivity contribution in [1.29, 1.82) is 0 Å². The molecular weight excluding hydrogens is 212 g/mol. The fourth-order valence-electron chi connectivity index (χ4n) is 1.94. The standard InChI is InChI=1S/C14H22N2O/c1-2-3-7-14(16-15)11-5-4-6-13(10-11)17-12-8-9-12/h4-6,10,12,14,16H,2-3,7-9,15H2,1H3. The topological polar surface area (TPSA) is 47.3 Å². The first-order valence-electron chi connectivity index (χ1n) is 6.56. The third kappa shape index (κ3) is 3.72. The minimum Gasteiger partial charge on any atom is -0.490 e. The Kier molecular flexibility index (Phi) is 4.40. The van der Waals surface area contributed by atoms with Crippen LogP contribution in [-0.4, -0.2) is 6.10 Å². The van der Waals surface area contributed by atoms with E-state index < -0.39 is 0 Å². The van der Waals surface area contributed by atoms with Crippen LogP contribution in [0.3, 0.4) is 0 Å². The van der Waals surface area contributed by atoms with Gasteiger partial charge in [-0.2, -0.15) is 0 Å². The van der Waals surface area contributed by atoms with Gasteiger partial charge in [-0.15, -0.1) is 0 Å². The molecule has 17 heavy (non-hydrogen) atoms. The lowest BCUT2D eigenvalue weighted by molar-refractivity contribution is 0.302. The zero-order valence-corrected chi connectivity index (χ0v) is 10.5. The minimum atomic E-state index is 0.234. The lowest BCUT2D eigenvalue weighted by Gasteiger charge is -2.17. The van der Waals surface area contributed by atoms with Gasteiger partial charge < -0.3 is 4.74 Å². The maximum Gasteiger partial charge on any atom is 0.120 e. The fraction of sp³-hybridized carbons (Fsp3) is 0.571. The molecule has 1 fully saturated rings. The summed E-state index contributed by atoms with van der Waals surface area (Å²) in [4.78, 5) is 0. The summed E-state index contributed by atoms with van der Waals surface area (Å²) in [5.41, 5.74) is 4.12. The molecule has 1 aliphatic rings. The van der Waals surface area contributed by atoms with Crippen LogP contribution in [0, 0.1) is 0 Å². The molecule has 1 aromatic carbocycles. The van der Waals surface area contributed by atoms with E-state index in [1.807, 2.05) is 12.1 Å². The molecule has 1 unspecified atom stereocenters. The summed E-state index contributed by atoms with van der Waals surface area (Å²) in [7, 11) is 0. The second kappa shape index (κ2) is 6.03. The minimum absolute atomic E-state index is 0.234. The molecule has 0 heterocycles. The van der Waals surface area contributed by atoms with Crippen molar-refractivity contribution in [3.05, 3.63) is 29.8 Å². The first-order chi connectivity index (χ1) is 8.33. The average molecular weight is 234 g/mol. The van der Waals surface area contributed by atoms with Gasteiger partial charge in [-0.25, -0.2) is 0 Å². The highest BCUT2D eigenvalue weighted by molar-refractivity contribution is 5.31. The van der Waals surface area contributed by atoms with Crippen LogP contribution < -0.4 is 16.0 Å². The number of hydrogen-bond donors (Lipinski definition) is 2. The Hall–Kier alpha value is -1.06. The van der Waals surface area contributed by atoms with Crippen LogP contribution in [0.2, 0.25) is 0 Å². The lowest BCUT2D eigenvalue weighted by atomic mass is 10.0. The van der Waals surface area contributed by atoms with Crippen molar-refractivity contribution in [2.45, 2.75) is 51.2 Å². The van der Waals surface area contributed by atoms with Crippen molar-refractivity contribution in [2.75, 3.05) is 0 Å². The van der Waals surface area contributed by atoms with Crippen molar-refractivity contribution < 1.29 is 4.74 Å². The first kappa shape index (κ1) is 12.4. The molecule has 0 bridgehead atoms. The number of rotatable bonds is 7. The average Bonchev–Trinajstić information content (AvgIpc) is 3.15. The van der Waals surface area contributed by atoms with E-state index in [0.717, 1.165) is 12.2 Å². The molecule has 0 saturated heterocycles. The summed E-state index contributed by atoms with van der Waals surface area (Å²) in [6, 6.07) is 8.52. The highest BCUT2D eigenvalue weighted by Gasteiger charge is 2.23. The number of unbranched alkanes of at least 4 members (excludes halogenated alkanes) is 1. The van der Waals surface area contributed by atoms with Crippen LogP contribution in [-0.2, 0) is 0 Å². The molecule has 0 amide bonds. The summed E-state index contributed by atoms with van der Waals surface area (Å²) in [6.07, 6.45) is 6.28. The second-order valence-electron chi connectivity index (χ2n) is 4.75. The van der Waals surface area contributed by atoms with Gasteiger partial charge in [-0.1, -0.05) is 31.9 Å². The van der Waals surface area contributed by atoms with E-state index in [1.54, 1.807) is 0 Å².